The van der Waals surface area contributed by atoms with Crippen LogP contribution in [-0.4, -0.2) is 51.5 Å². The molecule has 0 aliphatic heterocycles. The number of benzene rings is 1. The standard InChI is InChI=1S/C17H24N6O2S/c1-4-13(22(2)3)15-20-21-17(26-11-14(24)19-16(18)25)23(15)10-12-8-6-5-7-9-12/h5-9,13H,4,10-11H2,1-3H3,(H3,18,19,24,25). The SMILES string of the molecule is CCC(c1nnc(SCC(=O)NC(N)=O)n1Cc1ccccc1)N(C)C. The molecule has 0 fully saturated rings. The second-order valence-electron chi connectivity index (χ2n) is 6.00. The van der Waals surface area contributed by atoms with Crippen molar-refractivity contribution < 1.29 is 9.59 Å². The molecule has 140 valence electrons. The van der Waals surface area contributed by atoms with Crippen LogP contribution < -0.4 is 11.1 Å². The summed E-state index contributed by atoms with van der Waals surface area (Å²) in [7, 11) is 4.01. The molecule has 2 aromatic rings. The quantitative estimate of drug-likeness (QED) is 0.678. The van der Waals surface area contributed by atoms with Crippen molar-refractivity contribution in [2.45, 2.75) is 31.1 Å². The molecular weight excluding hydrogens is 352 g/mol. The van der Waals surface area contributed by atoms with Gasteiger partial charge in [-0.05, 0) is 26.1 Å². The first kappa shape index (κ1) is 19.9. The van der Waals surface area contributed by atoms with E-state index >= 15 is 0 Å². The molecule has 0 spiro atoms. The topological polar surface area (TPSA) is 106 Å². The second-order valence-corrected chi connectivity index (χ2v) is 6.94. The van der Waals surface area contributed by atoms with Crippen LogP contribution in [0.5, 0.6) is 0 Å². The highest BCUT2D eigenvalue weighted by molar-refractivity contribution is 7.99. The summed E-state index contributed by atoms with van der Waals surface area (Å²) in [4.78, 5) is 24.6. The van der Waals surface area contributed by atoms with E-state index in [2.05, 4.69) is 27.3 Å². The summed E-state index contributed by atoms with van der Waals surface area (Å²) < 4.78 is 2.02. The number of carbonyl (C=O) groups excluding carboxylic acids is 2. The average Bonchev–Trinajstić information content (AvgIpc) is 2.96. The van der Waals surface area contributed by atoms with Gasteiger partial charge in [0.05, 0.1) is 18.3 Å². The Morgan fingerprint density at radius 1 is 1.27 bits per heavy atom. The van der Waals surface area contributed by atoms with Gasteiger partial charge in [0.25, 0.3) is 0 Å². The molecule has 3 N–H and O–H groups in total. The van der Waals surface area contributed by atoms with Crippen molar-refractivity contribution in [1.29, 1.82) is 0 Å². The van der Waals surface area contributed by atoms with Crippen molar-refractivity contribution in [3.63, 3.8) is 0 Å². The van der Waals surface area contributed by atoms with E-state index in [4.69, 9.17) is 5.73 Å². The van der Waals surface area contributed by atoms with Gasteiger partial charge in [-0.1, -0.05) is 49.0 Å². The minimum Gasteiger partial charge on any atom is -0.351 e. The number of urea groups is 1. The van der Waals surface area contributed by atoms with E-state index in [1.807, 2.05) is 49.0 Å². The number of nitrogens with one attached hydrogen (secondary N) is 1. The number of nitrogens with zero attached hydrogens (tertiary/aromatic N) is 4. The van der Waals surface area contributed by atoms with E-state index in [1.54, 1.807) is 0 Å². The average molecular weight is 376 g/mol. The molecule has 3 amide bonds. The van der Waals surface area contributed by atoms with E-state index in [-0.39, 0.29) is 11.8 Å². The first-order valence-corrected chi connectivity index (χ1v) is 9.26. The highest BCUT2D eigenvalue weighted by Crippen LogP contribution is 2.26. The molecule has 2 rings (SSSR count). The Morgan fingerprint density at radius 2 is 1.96 bits per heavy atom. The van der Waals surface area contributed by atoms with E-state index < -0.39 is 11.9 Å². The lowest BCUT2D eigenvalue weighted by Gasteiger charge is -2.23. The number of rotatable bonds is 8. The predicted molar refractivity (Wildman–Crippen MR) is 101 cm³/mol. The summed E-state index contributed by atoms with van der Waals surface area (Å²) in [5, 5.41) is 11.3. The van der Waals surface area contributed by atoms with Crippen molar-refractivity contribution in [2.75, 3.05) is 19.8 Å². The maximum atomic E-state index is 11.7. The zero-order valence-electron chi connectivity index (χ0n) is 15.2. The summed E-state index contributed by atoms with van der Waals surface area (Å²) in [5.41, 5.74) is 6.09. The van der Waals surface area contributed by atoms with Gasteiger partial charge in [0.15, 0.2) is 11.0 Å². The van der Waals surface area contributed by atoms with E-state index in [0.717, 1.165) is 17.8 Å². The Hall–Kier alpha value is -2.39. The maximum Gasteiger partial charge on any atom is 0.318 e. The van der Waals surface area contributed by atoms with Gasteiger partial charge in [-0.25, -0.2) is 4.79 Å². The van der Waals surface area contributed by atoms with Gasteiger partial charge < -0.3 is 10.3 Å². The van der Waals surface area contributed by atoms with Crippen LogP contribution in [0, 0.1) is 0 Å². The highest BCUT2D eigenvalue weighted by atomic mass is 32.2. The fourth-order valence-corrected chi connectivity index (χ4v) is 3.39. The fourth-order valence-electron chi connectivity index (χ4n) is 2.65. The summed E-state index contributed by atoms with van der Waals surface area (Å²) in [6, 6.07) is 9.25. The first-order chi connectivity index (χ1) is 12.4. The molecular formula is C17H24N6O2S. The van der Waals surface area contributed by atoms with Crippen LogP contribution in [0.2, 0.25) is 0 Å². The third-order valence-electron chi connectivity index (χ3n) is 3.83. The van der Waals surface area contributed by atoms with Gasteiger partial charge in [-0.3, -0.25) is 15.0 Å². The molecule has 0 aliphatic rings. The van der Waals surface area contributed by atoms with Crippen molar-refractivity contribution in [3.8, 4) is 0 Å². The number of amides is 3. The maximum absolute atomic E-state index is 11.7. The first-order valence-electron chi connectivity index (χ1n) is 8.27. The van der Waals surface area contributed by atoms with E-state index in [1.165, 1.54) is 11.8 Å². The summed E-state index contributed by atoms with van der Waals surface area (Å²) in [5.74, 6) is 0.423. The zero-order chi connectivity index (χ0) is 19.1. The van der Waals surface area contributed by atoms with Crippen LogP contribution in [0.1, 0.15) is 30.8 Å². The predicted octanol–water partition coefficient (Wildman–Crippen LogP) is 1.63. The van der Waals surface area contributed by atoms with Crippen molar-refractivity contribution in [3.05, 3.63) is 41.7 Å². The smallest absolute Gasteiger partial charge is 0.318 e. The normalized spacial score (nSPS) is 12.2. The molecule has 1 heterocycles. The van der Waals surface area contributed by atoms with Gasteiger partial charge in [-0.2, -0.15) is 0 Å². The Kier molecular flexibility index (Phi) is 7.16. The number of aromatic nitrogens is 3. The third-order valence-corrected chi connectivity index (χ3v) is 4.80. The minimum atomic E-state index is -0.860. The number of nitrogens with two attached hydrogens (primary N) is 1. The van der Waals surface area contributed by atoms with Gasteiger partial charge in [0.2, 0.25) is 5.91 Å². The van der Waals surface area contributed by atoms with Crippen molar-refractivity contribution in [2.24, 2.45) is 5.73 Å². The lowest BCUT2D eigenvalue weighted by atomic mass is 10.2. The van der Waals surface area contributed by atoms with Gasteiger partial charge in [-0.15, -0.1) is 10.2 Å². The molecule has 0 saturated heterocycles. The van der Waals surface area contributed by atoms with Crippen LogP contribution in [-0.2, 0) is 11.3 Å². The Morgan fingerprint density at radius 3 is 2.54 bits per heavy atom. The number of hydrogen-bond acceptors (Lipinski definition) is 6. The molecule has 1 aromatic carbocycles. The van der Waals surface area contributed by atoms with Crippen LogP contribution >= 0.6 is 11.8 Å². The lowest BCUT2D eigenvalue weighted by molar-refractivity contribution is -0.117. The van der Waals surface area contributed by atoms with E-state index in [0.29, 0.717) is 11.7 Å². The molecule has 0 radical (unpaired) electrons. The van der Waals surface area contributed by atoms with Crippen molar-refractivity contribution >= 4 is 23.7 Å². The molecule has 1 unspecified atom stereocenters. The monoisotopic (exact) mass is 376 g/mol. The number of imide groups is 1. The third kappa shape index (κ3) is 5.30. The van der Waals surface area contributed by atoms with Gasteiger partial charge in [0, 0.05) is 0 Å². The Balaban J connectivity index is 2.27. The molecule has 9 heteroatoms. The molecule has 26 heavy (non-hydrogen) atoms. The van der Waals surface area contributed by atoms with Gasteiger partial charge >= 0.3 is 6.03 Å². The van der Waals surface area contributed by atoms with Crippen LogP contribution in [0.3, 0.4) is 0 Å². The number of thioether (sulfide) groups is 1. The van der Waals surface area contributed by atoms with Crippen LogP contribution in [0.15, 0.2) is 35.5 Å². The van der Waals surface area contributed by atoms with E-state index in [9.17, 15) is 9.59 Å². The summed E-state index contributed by atoms with van der Waals surface area (Å²) in [6.07, 6.45) is 0.882. The van der Waals surface area contributed by atoms with Crippen molar-refractivity contribution in [1.82, 2.24) is 25.0 Å². The molecule has 0 bridgehead atoms. The molecule has 0 saturated carbocycles. The van der Waals surface area contributed by atoms with Crippen LogP contribution in [0.4, 0.5) is 4.79 Å². The Labute approximate surface area is 157 Å². The summed E-state index contributed by atoms with van der Waals surface area (Å²) in [6.45, 7) is 2.70. The fraction of sp³-hybridized carbons (Fsp3) is 0.412. The summed E-state index contributed by atoms with van der Waals surface area (Å²) >= 11 is 1.23. The minimum absolute atomic E-state index is 0.0363. The van der Waals surface area contributed by atoms with Gasteiger partial charge in [0.1, 0.15) is 0 Å². The highest BCUT2D eigenvalue weighted by Gasteiger charge is 2.22. The Bertz CT molecular complexity index is 747. The second kappa shape index (κ2) is 9.35. The molecule has 1 aromatic heterocycles. The number of primary amides is 1. The number of carbonyl (C=O) groups is 2. The molecule has 0 aliphatic carbocycles. The lowest BCUT2D eigenvalue weighted by Crippen LogP contribution is -2.36. The largest absolute Gasteiger partial charge is 0.351 e. The molecule has 8 nitrogen and oxygen atoms in total. The molecule has 1 atom stereocenters. The number of hydrogen-bond donors (Lipinski definition) is 2. The zero-order valence-corrected chi connectivity index (χ0v) is 16.0. The van der Waals surface area contributed by atoms with Crippen LogP contribution in [0.25, 0.3) is 0 Å².